The Balaban J connectivity index is 2.77. The van der Waals surface area contributed by atoms with Gasteiger partial charge in [0.25, 0.3) is 5.91 Å². The van der Waals surface area contributed by atoms with Crippen LogP contribution < -0.4 is 10.1 Å². The number of pyridine rings is 1. The van der Waals surface area contributed by atoms with Crippen molar-refractivity contribution < 1.29 is 27.8 Å². The maximum absolute atomic E-state index is 12.2. The number of hydrogen-bond donors (Lipinski definition) is 2. The fourth-order valence-corrected chi connectivity index (χ4v) is 1.67. The zero-order valence-corrected chi connectivity index (χ0v) is 12.4. The summed E-state index contributed by atoms with van der Waals surface area (Å²) in [6.07, 6.45) is -2.36. The van der Waals surface area contributed by atoms with E-state index in [0.717, 1.165) is 0 Å². The van der Waals surface area contributed by atoms with Crippen molar-refractivity contribution in [2.24, 2.45) is 0 Å². The van der Waals surface area contributed by atoms with E-state index in [1.807, 2.05) is 0 Å². The van der Waals surface area contributed by atoms with Crippen LogP contribution in [0.2, 0.25) is 0 Å². The van der Waals surface area contributed by atoms with Gasteiger partial charge in [0.05, 0.1) is 5.60 Å². The van der Waals surface area contributed by atoms with Crippen molar-refractivity contribution in [2.75, 3.05) is 13.2 Å². The van der Waals surface area contributed by atoms with Crippen molar-refractivity contribution in [3.8, 4) is 5.75 Å². The molecule has 0 radical (unpaired) electrons. The molecule has 0 saturated heterocycles. The van der Waals surface area contributed by atoms with E-state index in [9.17, 15) is 23.1 Å². The standard InChI is InChI=1S/C14H19F3N2O3/c1-3-13(21,4-2)8-19-12(20)11-10(6-5-7-18-11)22-9-14(15,16)17/h5-7,21H,3-4,8-9H2,1-2H3,(H,19,20). The van der Waals surface area contributed by atoms with Gasteiger partial charge in [-0.1, -0.05) is 13.8 Å². The molecule has 2 N–H and O–H groups in total. The molecule has 1 heterocycles. The van der Waals surface area contributed by atoms with Crippen LogP contribution in [0.15, 0.2) is 18.3 Å². The highest BCUT2D eigenvalue weighted by Crippen LogP contribution is 2.21. The highest BCUT2D eigenvalue weighted by molar-refractivity contribution is 5.94. The number of amides is 1. The predicted octanol–water partition coefficient (Wildman–Crippen LogP) is 2.30. The number of nitrogens with one attached hydrogen (secondary N) is 1. The highest BCUT2D eigenvalue weighted by atomic mass is 19.4. The lowest BCUT2D eigenvalue weighted by Gasteiger charge is -2.25. The molecule has 0 aliphatic carbocycles. The molecular formula is C14H19F3N2O3. The Labute approximate surface area is 126 Å². The van der Waals surface area contributed by atoms with E-state index in [4.69, 9.17) is 0 Å². The lowest BCUT2D eigenvalue weighted by molar-refractivity contribution is -0.153. The number of hydrogen-bond acceptors (Lipinski definition) is 4. The molecule has 8 heteroatoms. The third-order valence-electron chi connectivity index (χ3n) is 3.27. The average molecular weight is 320 g/mol. The summed E-state index contributed by atoms with van der Waals surface area (Å²) in [4.78, 5) is 15.8. The molecular weight excluding hydrogens is 301 g/mol. The van der Waals surface area contributed by atoms with Crippen molar-refractivity contribution in [3.05, 3.63) is 24.0 Å². The molecule has 0 spiro atoms. The SMILES string of the molecule is CCC(O)(CC)CNC(=O)c1ncccc1OCC(F)(F)F. The molecule has 0 bridgehead atoms. The molecule has 0 atom stereocenters. The van der Waals surface area contributed by atoms with E-state index < -0.39 is 24.3 Å². The van der Waals surface area contributed by atoms with Crippen molar-refractivity contribution in [1.82, 2.24) is 10.3 Å². The van der Waals surface area contributed by atoms with E-state index in [1.165, 1.54) is 18.3 Å². The fraction of sp³-hybridized carbons (Fsp3) is 0.571. The molecule has 0 aliphatic heterocycles. The minimum Gasteiger partial charge on any atom is -0.482 e. The highest BCUT2D eigenvalue weighted by Gasteiger charge is 2.30. The summed E-state index contributed by atoms with van der Waals surface area (Å²) in [6, 6.07) is 2.61. The quantitative estimate of drug-likeness (QED) is 0.809. The van der Waals surface area contributed by atoms with E-state index in [1.54, 1.807) is 13.8 Å². The summed E-state index contributed by atoms with van der Waals surface area (Å²) < 4.78 is 41.2. The monoisotopic (exact) mass is 320 g/mol. The van der Waals surface area contributed by atoms with Crippen LogP contribution in [0.4, 0.5) is 13.2 Å². The van der Waals surface area contributed by atoms with Crippen molar-refractivity contribution in [3.63, 3.8) is 0 Å². The zero-order valence-electron chi connectivity index (χ0n) is 12.4. The van der Waals surface area contributed by atoms with Gasteiger partial charge in [-0.3, -0.25) is 4.79 Å². The zero-order chi connectivity index (χ0) is 16.8. The fourth-order valence-electron chi connectivity index (χ4n) is 1.67. The first-order valence-corrected chi connectivity index (χ1v) is 6.86. The molecule has 22 heavy (non-hydrogen) atoms. The molecule has 124 valence electrons. The molecule has 1 aromatic heterocycles. The van der Waals surface area contributed by atoms with Gasteiger partial charge in [0.15, 0.2) is 18.1 Å². The van der Waals surface area contributed by atoms with Crippen LogP contribution in [0, 0.1) is 0 Å². The third-order valence-corrected chi connectivity index (χ3v) is 3.27. The van der Waals surface area contributed by atoms with Gasteiger partial charge < -0.3 is 15.2 Å². The van der Waals surface area contributed by atoms with Crippen LogP contribution >= 0.6 is 0 Å². The second-order valence-electron chi connectivity index (χ2n) is 4.87. The number of carbonyl (C=O) groups is 1. The largest absolute Gasteiger partial charge is 0.482 e. The van der Waals surface area contributed by atoms with Crippen LogP contribution in [0.25, 0.3) is 0 Å². The van der Waals surface area contributed by atoms with Crippen LogP contribution in [0.5, 0.6) is 5.75 Å². The third kappa shape index (κ3) is 5.51. The van der Waals surface area contributed by atoms with Crippen LogP contribution in [0.3, 0.4) is 0 Å². The molecule has 1 rings (SSSR count). The minimum absolute atomic E-state index is 0.0197. The lowest BCUT2D eigenvalue weighted by Crippen LogP contribution is -2.42. The number of halogens is 3. The molecule has 0 unspecified atom stereocenters. The summed E-state index contributed by atoms with van der Waals surface area (Å²) in [5, 5.41) is 12.6. The second-order valence-corrected chi connectivity index (χ2v) is 4.87. The number of alkyl halides is 3. The van der Waals surface area contributed by atoms with Gasteiger partial charge in [0.2, 0.25) is 0 Å². The molecule has 1 amide bonds. The Morgan fingerprint density at radius 1 is 1.36 bits per heavy atom. The Morgan fingerprint density at radius 2 is 2.00 bits per heavy atom. The van der Waals surface area contributed by atoms with E-state index >= 15 is 0 Å². The Morgan fingerprint density at radius 3 is 2.55 bits per heavy atom. The van der Waals surface area contributed by atoms with Crippen molar-refractivity contribution >= 4 is 5.91 Å². The maximum atomic E-state index is 12.2. The van der Waals surface area contributed by atoms with Gasteiger partial charge in [-0.05, 0) is 25.0 Å². The molecule has 0 fully saturated rings. The number of aromatic nitrogens is 1. The molecule has 5 nitrogen and oxygen atoms in total. The van der Waals surface area contributed by atoms with Crippen molar-refractivity contribution in [1.29, 1.82) is 0 Å². The maximum Gasteiger partial charge on any atom is 0.422 e. The van der Waals surface area contributed by atoms with Crippen LogP contribution in [-0.4, -0.2) is 40.9 Å². The number of rotatable bonds is 7. The first-order valence-electron chi connectivity index (χ1n) is 6.86. The smallest absolute Gasteiger partial charge is 0.422 e. The summed E-state index contributed by atoms with van der Waals surface area (Å²) in [6.45, 7) is 2.02. The molecule has 0 aromatic carbocycles. The number of ether oxygens (including phenoxy) is 1. The average Bonchev–Trinajstić information content (AvgIpc) is 2.50. The predicted molar refractivity (Wildman–Crippen MR) is 73.7 cm³/mol. The molecule has 1 aromatic rings. The second kappa shape index (κ2) is 7.44. The van der Waals surface area contributed by atoms with Crippen molar-refractivity contribution in [2.45, 2.75) is 38.5 Å². The summed E-state index contributed by atoms with van der Waals surface area (Å²) >= 11 is 0. The van der Waals surface area contributed by atoms with Gasteiger partial charge >= 0.3 is 6.18 Å². The summed E-state index contributed by atoms with van der Waals surface area (Å²) in [5.74, 6) is -0.952. The normalized spacial score (nSPS) is 12.1. The topological polar surface area (TPSA) is 71.5 Å². The van der Waals surface area contributed by atoms with Crippen LogP contribution in [0.1, 0.15) is 37.2 Å². The Hall–Kier alpha value is -1.83. The van der Waals surface area contributed by atoms with Gasteiger partial charge in [-0.15, -0.1) is 0 Å². The Bertz CT molecular complexity index is 502. The van der Waals surface area contributed by atoms with Crippen LogP contribution in [-0.2, 0) is 0 Å². The first-order chi connectivity index (χ1) is 10.2. The van der Waals surface area contributed by atoms with Gasteiger partial charge in [-0.2, -0.15) is 13.2 Å². The molecule has 0 saturated carbocycles. The van der Waals surface area contributed by atoms with E-state index in [2.05, 4.69) is 15.0 Å². The van der Waals surface area contributed by atoms with Gasteiger partial charge in [0, 0.05) is 12.7 Å². The number of aliphatic hydroxyl groups is 1. The van der Waals surface area contributed by atoms with Gasteiger partial charge in [-0.25, -0.2) is 4.98 Å². The van der Waals surface area contributed by atoms with E-state index in [-0.39, 0.29) is 18.0 Å². The molecule has 0 aliphatic rings. The summed E-state index contributed by atoms with van der Waals surface area (Å²) in [7, 11) is 0. The summed E-state index contributed by atoms with van der Waals surface area (Å²) in [5.41, 5.74) is -1.31. The van der Waals surface area contributed by atoms with E-state index in [0.29, 0.717) is 12.8 Å². The first kappa shape index (κ1) is 18.2. The Kier molecular flexibility index (Phi) is 6.16. The number of nitrogens with zero attached hydrogens (tertiary/aromatic N) is 1. The minimum atomic E-state index is -4.51. The lowest BCUT2D eigenvalue weighted by atomic mass is 9.97. The van der Waals surface area contributed by atoms with Gasteiger partial charge in [0.1, 0.15) is 0 Å². The number of carbonyl (C=O) groups excluding carboxylic acids is 1.